The number of carbonyl (C=O) groups is 2. The summed E-state index contributed by atoms with van der Waals surface area (Å²) in [6.45, 7) is 4.02. The number of esters is 1. The quantitative estimate of drug-likeness (QED) is 0.725. The first-order valence-electron chi connectivity index (χ1n) is 7.43. The molecule has 1 aromatic carbocycles. The number of fused-ring (bicyclic) bond motifs is 1. The van der Waals surface area contributed by atoms with Crippen LogP contribution >= 0.6 is 11.3 Å². The Bertz CT molecular complexity index is 922. The van der Waals surface area contributed by atoms with Crippen molar-refractivity contribution in [3.05, 3.63) is 51.4 Å². The summed E-state index contributed by atoms with van der Waals surface area (Å²) in [5, 5.41) is 5.44. The summed E-state index contributed by atoms with van der Waals surface area (Å²) in [4.78, 5) is 24.4. The van der Waals surface area contributed by atoms with Gasteiger partial charge in [0, 0.05) is 10.9 Å². The minimum Gasteiger partial charge on any atom is -0.465 e. The van der Waals surface area contributed by atoms with Crippen LogP contribution in [0, 0.1) is 13.8 Å². The molecule has 0 bridgehead atoms. The predicted molar refractivity (Wildman–Crippen MR) is 93.7 cm³/mol. The van der Waals surface area contributed by atoms with E-state index in [2.05, 4.69) is 5.32 Å². The minimum absolute atomic E-state index is 0.173. The summed E-state index contributed by atoms with van der Waals surface area (Å²) in [5.74, 6) is -0.667. The second kappa shape index (κ2) is 6.49. The number of amides is 1. The molecule has 5 nitrogen and oxygen atoms in total. The molecule has 0 atom stereocenters. The average molecular weight is 343 g/mol. The zero-order valence-electron chi connectivity index (χ0n) is 13.6. The fourth-order valence-corrected chi connectivity index (χ4v) is 3.32. The number of ether oxygens (including phenoxy) is 1. The van der Waals surface area contributed by atoms with E-state index in [1.807, 2.05) is 26.0 Å². The monoisotopic (exact) mass is 343 g/mol. The number of furan rings is 1. The molecule has 1 amide bonds. The van der Waals surface area contributed by atoms with Crippen LogP contribution in [0.4, 0.5) is 5.69 Å². The Balaban J connectivity index is 1.80. The van der Waals surface area contributed by atoms with E-state index in [0.29, 0.717) is 10.6 Å². The van der Waals surface area contributed by atoms with Gasteiger partial charge in [-0.15, -0.1) is 11.3 Å². The van der Waals surface area contributed by atoms with Crippen molar-refractivity contribution in [2.24, 2.45) is 0 Å². The third kappa shape index (κ3) is 2.92. The number of anilines is 1. The molecule has 0 spiro atoms. The number of thiophene rings is 1. The first kappa shape index (κ1) is 16.3. The van der Waals surface area contributed by atoms with Gasteiger partial charge in [0.15, 0.2) is 0 Å². The number of hydrogen-bond acceptors (Lipinski definition) is 5. The Hall–Kier alpha value is -2.60. The summed E-state index contributed by atoms with van der Waals surface area (Å²) in [5.41, 5.74) is 4.32. The molecule has 124 valence electrons. The van der Waals surface area contributed by atoms with Crippen molar-refractivity contribution >= 4 is 39.9 Å². The van der Waals surface area contributed by atoms with Gasteiger partial charge in [-0.05, 0) is 36.4 Å². The molecule has 0 radical (unpaired) electrons. The van der Waals surface area contributed by atoms with Crippen LogP contribution in [0.15, 0.2) is 34.3 Å². The third-order valence-corrected chi connectivity index (χ3v) is 4.90. The molecular formula is C18H17NO4S. The number of aryl methyl sites for hydroxylation is 2. The first-order chi connectivity index (χ1) is 11.5. The van der Waals surface area contributed by atoms with E-state index in [0.717, 1.165) is 27.7 Å². The highest BCUT2D eigenvalue weighted by molar-refractivity contribution is 7.12. The molecule has 6 heteroatoms. The molecular weight excluding hydrogens is 326 g/mol. The minimum atomic E-state index is -0.458. The van der Waals surface area contributed by atoms with Crippen molar-refractivity contribution in [2.75, 3.05) is 12.4 Å². The lowest BCUT2D eigenvalue weighted by Crippen LogP contribution is -2.15. The summed E-state index contributed by atoms with van der Waals surface area (Å²) in [6, 6.07) is 5.67. The number of carbonyl (C=O) groups excluding carboxylic acids is 2. The van der Waals surface area contributed by atoms with Crippen LogP contribution in [0.1, 0.15) is 26.4 Å². The second-order valence-electron chi connectivity index (χ2n) is 5.53. The molecule has 0 saturated heterocycles. The first-order valence-corrected chi connectivity index (χ1v) is 8.31. The van der Waals surface area contributed by atoms with Gasteiger partial charge in [-0.3, -0.25) is 4.79 Å². The Morgan fingerprint density at radius 1 is 1.25 bits per heavy atom. The molecule has 0 aliphatic heterocycles. The lowest BCUT2D eigenvalue weighted by atomic mass is 10.0. The van der Waals surface area contributed by atoms with Crippen LogP contribution in [0.3, 0.4) is 0 Å². The maximum atomic E-state index is 12.3. The van der Waals surface area contributed by atoms with E-state index < -0.39 is 5.97 Å². The highest BCUT2D eigenvalue weighted by Gasteiger charge is 2.17. The Morgan fingerprint density at radius 2 is 2.04 bits per heavy atom. The number of rotatable bonds is 4. The van der Waals surface area contributed by atoms with Crippen LogP contribution in [-0.2, 0) is 16.0 Å². The standard InChI is InChI=1S/C18H17NO4S/c1-10-4-5-13-12(9-23-16(13)11(10)2)8-15(20)19-14-6-7-24-17(14)18(21)22-3/h4-7,9H,8H2,1-3H3,(H,19,20). The number of hydrogen-bond donors (Lipinski definition) is 1. The van der Waals surface area contributed by atoms with Crippen LogP contribution in [0.2, 0.25) is 0 Å². The Kier molecular flexibility index (Phi) is 4.40. The topological polar surface area (TPSA) is 68.5 Å². The van der Waals surface area contributed by atoms with Crippen molar-refractivity contribution in [1.29, 1.82) is 0 Å². The fraction of sp³-hybridized carbons (Fsp3) is 0.222. The fourth-order valence-electron chi connectivity index (χ4n) is 2.55. The van der Waals surface area contributed by atoms with Gasteiger partial charge in [0.25, 0.3) is 0 Å². The maximum absolute atomic E-state index is 12.3. The summed E-state index contributed by atoms with van der Waals surface area (Å²) in [6.07, 6.45) is 1.79. The molecule has 0 unspecified atom stereocenters. The van der Waals surface area contributed by atoms with Crippen LogP contribution in [0.5, 0.6) is 0 Å². The maximum Gasteiger partial charge on any atom is 0.350 e. The van der Waals surface area contributed by atoms with Gasteiger partial charge in [0.2, 0.25) is 5.91 Å². The van der Waals surface area contributed by atoms with E-state index in [1.54, 1.807) is 17.7 Å². The van der Waals surface area contributed by atoms with Crippen molar-refractivity contribution in [1.82, 2.24) is 0 Å². The van der Waals surface area contributed by atoms with E-state index in [1.165, 1.54) is 18.4 Å². The molecule has 0 saturated carbocycles. The lowest BCUT2D eigenvalue weighted by Gasteiger charge is -2.05. The summed E-state index contributed by atoms with van der Waals surface area (Å²) >= 11 is 1.23. The molecule has 0 aliphatic carbocycles. The molecule has 3 rings (SSSR count). The number of methoxy groups -OCH3 is 1. The summed E-state index contributed by atoms with van der Waals surface area (Å²) < 4.78 is 10.3. The van der Waals surface area contributed by atoms with Gasteiger partial charge in [0.1, 0.15) is 10.5 Å². The highest BCUT2D eigenvalue weighted by atomic mass is 32.1. The Labute approximate surface area is 143 Å². The van der Waals surface area contributed by atoms with Crippen molar-refractivity contribution in [2.45, 2.75) is 20.3 Å². The summed E-state index contributed by atoms with van der Waals surface area (Å²) in [7, 11) is 1.32. The van der Waals surface area contributed by atoms with E-state index in [-0.39, 0.29) is 12.3 Å². The third-order valence-electron chi connectivity index (χ3n) is 4.00. The largest absolute Gasteiger partial charge is 0.465 e. The van der Waals surface area contributed by atoms with Crippen LogP contribution in [0.25, 0.3) is 11.0 Å². The van der Waals surface area contributed by atoms with E-state index in [9.17, 15) is 9.59 Å². The normalized spacial score (nSPS) is 10.8. The molecule has 2 aromatic heterocycles. The van der Waals surface area contributed by atoms with Gasteiger partial charge in [-0.2, -0.15) is 0 Å². The molecule has 3 aromatic rings. The Morgan fingerprint density at radius 3 is 2.79 bits per heavy atom. The van der Waals surface area contributed by atoms with Crippen molar-refractivity contribution in [3.8, 4) is 0 Å². The van der Waals surface area contributed by atoms with Crippen molar-refractivity contribution in [3.63, 3.8) is 0 Å². The lowest BCUT2D eigenvalue weighted by molar-refractivity contribution is -0.115. The van der Waals surface area contributed by atoms with E-state index in [4.69, 9.17) is 9.15 Å². The number of benzene rings is 1. The van der Waals surface area contributed by atoms with Gasteiger partial charge in [0.05, 0.1) is 25.5 Å². The van der Waals surface area contributed by atoms with Crippen LogP contribution < -0.4 is 5.32 Å². The highest BCUT2D eigenvalue weighted by Crippen LogP contribution is 2.28. The van der Waals surface area contributed by atoms with Gasteiger partial charge in [-0.25, -0.2) is 4.79 Å². The number of nitrogens with one attached hydrogen (secondary N) is 1. The SMILES string of the molecule is COC(=O)c1sccc1NC(=O)Cc1coc2c(C)c(C)ccc12. The van der Waals surface area contributed by atoms with Gasteiger partial charge >= 0.3 is 5.97 Å². The van der Waals surface area contributed by atoms with E-state index >= 15 is 0 Å². The molecule has 0 fully saturated rings. The predicted octanol–water partition coefficient (Wildman–Crippen LogP) is 4.08. The van der Waals surface area contributed by atoms with Gasteiger partial charge in [-0.1, -0.05) is 12.1 Å². The van der Waals surface area contributed by atoms with Crippen LogP contribution in [-0.4, -0.2) is 19.0 Å². The molecule has 0 aliphatic rings. The van der Waals surface area contributed by atoms with Gasteiger partial charge < -0.3 is 14.5 Å². The molecule has 1 N–H and O–H groups in total. The molecule has 24 heavy (non-hydrogen) atoms. The zero-order chi connectivity index (χ0) is 17.3. The molecule has 2 heterocycles. The smallest absolute Gasteiger partial charge is 0.350 e. The zero-order valence-corrected chi connectivity index (χ0v) is 14.5. The average Bonchev–Trinajstić information content (AvgIpc) is 3.18. The van der Waals surface area contributed by atoms with Crippen molar-refractivity contribution < 1.29 is 18.7 Å². The second-order valence-corrected chi connectivity index (χ2v) is 6.44.